The molecule has 2 nitrogen and oxygen atoms in total. The minimum Gasteiger partial charge on any atom is -0.295 e. The van der Waals surface area contributed by atoms with E-state index in [1.54, 1.807) is 0 Å². The Labute approximate surface area is 94.7 Å². The second-order valence-electron chi connectivity index (χ2n) is 4.30. The maximum atomic E-state index is 10.7. The van der Waals surface area contributed by atoms with Crippen LogP contribution in [-0.4, -0.2) is 11.3 Å². The first-order valence-electron chi connectivity index (χ1n) is 5.74. The van der Waals surface area contributed by atoms with Gasteiger partial charge in [0.15, 0.2) is 11.3 Å². The predicted octanol–water partition coefficient (Wildman–Crippen LogP) is 3.70. The summed E-state index contributed by atoms with van der Waals surface area (Å²) in [5.74, 6) is 0.609. The summed E-state index contributed by atoms with van der Waals surface area (Å²) in [6, 6.07) is 0. The number of aryl methyl sites for hydroxylation is 1. The lowest BCUT2D eigenvalue weighted by molar-refractivity contribution is 0.112. The van der Waals surface area contributed by atoms with Crippen molar-refractivity contribution in [2.24, 2.45) is 0 Å². The van der Waals surface area contributed by atoms with E-state index in [9.17, 15) is 4.79 Å². The Balaban J connectivity index is 2.18. The van der Waals surface area contributed by atoms with Crippen LogP contribution in [0.25, 0.3) is 0 Å². The van der Waals surface area contributed by atoms with Gasteiger partial charge < -0.3 is 0 Å². The van der Waals surface area contributed by atoms with Crippen molar-refractivity contribution in [3.63, 3.8) is 0 Å². The maximum Gasteiger partial charge on any atom is 0.178 e. The zero-order chi connectivity index (χ0) is 10.7. The summed E-state index contributed by atoms with van der Waals surface area (Å²) in [5.41, 5.74) is 1.20. The molecule has 1 aliphatic carbocycles. The molecular weight excluding hydrogens is 206 g/mol. The van der Waals surface area contributed by atoms with Crippen LogP contribution in [0.15, 0.2) is 0 Å². The van der Waals surface area contributed by atoms with Crippen LogP contribution in [0.4, 0.5) is 0 Å². The molecule has 0 spiro atoms. The molecular formula is C12H17NOS. The van der Waals surface area contributed by atoms with Crippen LogP contribution in [0.5, 0.6) is 0 Å². The molecule has 0 aliphatic heterocycles. The molecule has 0 bridgehead atoms. The van der Waals surface area contributed by atoms with Crippen LogP contribution in [0, 0.1) is 6.92 Å². The number of nitrogens with zero attached hydrogens (tertiary/aromatic N) is 1. The van der Waals surface area contributed by atoms with E-state index >= 15 is 0 Å². The topological polar surface area (TPSA) is 30.0 Å². The lowest BCUT2D eigenvalue weighted by atomic mass is 9.96. The van der Waals surface area contributed by atoms with Crippen LogP contribution in [0.1, 0.15) is 64.8 Å². The van der Waals surface area contributed by atoms with Crippen molar-refractivity contribution in [1.29, 1.82) is 0 Å². The number of aldehydes is 1. The van der Waals surface area contributed by atoms with Crippen molar-refractivity contribution in [1.82, 2.24) is 4.98 Å². The number of thiazole rings is 1. The van der Waals surface area contributed by atoms with E-state index < -0.39 is 0 Å². The summed E-state index contributed by atoms with van der Waals surface area (Å²) in [6.45, 7) is 2.09. The lowest BCUT2D eigenvalue weighted by Crippen LogP contribution is -1.99. The number of rotatable bonds is 2. The second-order valence-corrected chi connectivity index (χ2v) is 5.53. The van der Waals surface area contributed by atoms with Gasteiger partial charge in [-0.25, -0.2) is 4.98 Å². The molecule has 1 aromatic rings. The maximum absolute atomic E-state index is 10.7. The molecule has 1 fully saturated rings. The SMILES string of the molecule is Cc1sc(C=O)nc1C1CCCCCC1. The molecule has 0 saturated heterocycles. The average molecular weight is 223 g/mol. The molecule has 0 aromatic carbocycles. The average Bonchev–Trinajstić information content (AvgIpc) is 2.48. The van der Waals surface area contributed by atoms with E-state index in [0.717, 1.165) is 6.29 Å². The third kappa shape index (κ3) is 2.46. The van der Waals surface area contributed by atoms with E-state index in [-0.39, 0.29) is 0 Å². The Morgan fingerprint density at radius 3 is 2.47 bits per heavy atom. The van der Waals surface area contributed by atoms with Gasteiger partial charge in [-0.3, -0.25) is 4.79 Å². The number of hydrogen-bond donors (Lipinski definition) is 0. The minimum absolute atomic E-state index is 0.609. The minimum atomic E-state index is 0.609. The monoisotopic (exact) mass is 223 g/mol. The van der Waals surface area contributed by atoms with Gasteiger partial charge in [0.1, 0.15) is 0 Å². The summed E-state index contributed by atoms with van der Waals surface area (Å²) in [4.78, 5) is 16.4. The Bertz CT molecular complexity index is 337. The highest BCUT2D eigenvalue weighted by Crippen LogP contribution is 2.34. The van der Waals surface area contributed by atoms with Crippen molar-refractivity contribution < 1.29 is 4.79 Å². The van der Waals surface area contributed by atoms with Gasteiger partial charge >= 0.3 is 0 Å². The fourth-order valence-electron chi connectivity index (χ4n) is 2.41. The van der Waals surface area contributed by atoms with Crippen LogP contribution >= 0.6 is 11.3 Å². The van der Waals surface area contributed by atoms with E-state index in [0.29, 0.717) is 10.9 Å². The number of aromatic nitrogens is 1. The summed E-state index contributed by atoms with van der Waals surface area (Å²) < 4.78 is 0. The van der Waals surface area contributed by atoms with Gasteiger partial charge in [-0.1, -0.05) is 25.7 Å². The lowest BCUT2D eigenvalue weighted by Gasteiger charge is -2.11. The summed E-state index contributed by atoms with van der Waals surface area (Å²) in [7, 11) is 0. The van der Waals surface area contributed by atoms with Gasteiger partial charge in [0.05, 0.1) is 5.69 Å². The molecule has 0 unspecified atom stereocenters. The Morgan fingerprint density at radius 1 is 1.27 bits per heavy atom. The largest absolute Gasteiger partial charge is 0.295 e. The first-order chi connectivity index (χ1) is 7.31. The van der Waals surface area contributed by atoms with E-state index in [1.807, 2.05) is 0 Å². The number of hydrogen-bond acceptors (Lipinski definition) is 3. The van der Waals surface area contributed by atoms with Crippen LogP contribution in [0.3, 0.4) is 0 Å². The second kappa shape index (κ2) is 4.88. The molecule has 0 radical (unpaired) electrons. The summed E-state index contributed by atoms with van der Waals surface area (Å²) in [6.07, 6.45) is 8.74. The van der Waals surface area contributed by atoms with Crippen molar-refractivity contribution >= 4 is 17.6 Å². The molecule has 1 saturated carbocycles. The molecule has 2 rings (SSSR count). The van der Waals surface area contributed by atoms with Gasteiger partial charge in [0.25, 0.3) is 0 Å². The molecule has 0 amide bonds. The molecule has 0 N–H and O–H groups in total. The van der Waals surface area contributed by atoms with Gasteiger partial charge in [-0.05, 0) is 19.8 Å². The van der Waals surface area contributed by atoms with Gasteiger partial charge in [0.2, 0.25) is 0 Å². The number of carbonyl (C=O) groups is 1. The first kappa shape index (κ1) is 10.8. The van der Waals surface area contributed by atoms with Crippen LogP contribution in [-0.2, 0) is 0 Å². The summed E-state index contributed by atoms with van der Waals surface area (Å²) >= 11 is 1.54. The normalized spacial score (nSPS) is 18.7. The molecule has 1 aromatic heterocycles. The fourth-order valence-corrected chi connectivity index (χ4v) is 3.23. The highest BCUT2D eigenvalue weighted by molar-refractivity contribution is 7.13. The predicted molar refractivity (Wildman–Crippen MR) is 62.7 cm³/mol. The van der Waals surface area contributed by atoms with E-state index in [4.69, 9.17) is 0 Å². The van der Waals surface area contributed by atoms with Gasteiger partial charge in [-0.15, -0.1) is 11.3 Å². The third-order valence-electron chi connectivity index (χ3n) is 3.19. The molecule has 1 aliphatic rings. The third-order valence-corrected chi connectivity index (χ3v) is 4.10. The van der Waals surface area contributed by atoms with Crippen molar-refractivity contribution in [2.75, 3.05) is 0 Å². The molecule has 15 heavy (non-hydrogen) atoms. The molecule has 0 atom stereocenters. The molecule has 3 heteroatoms. The first-order valence-corrected chi connectivity index (χ1v) is 6.55. The van der Waals surface area contributed by atoms with E-state index in [2.05, 4.69) is 11.9 Å². The molecule has 82 valence electrons. The smallest absolute Gasteiger partial charge is 0.178 e. The van der Waals surface area contributed by atoms with Crippen molar-refractivity contribution in [3.8, 4) is 0 Å². The quantitative estimate of drug-likeness (QED) is 0.565. The fraction of sp³-hybridized carbons (Fsp3) is 0.667. The van der Waals surface area contributed by atoms with Crippen molar-refractivity contribution in [3.05, 3.63) is 15.6 Å². The van der Waals surface area contributed by atoms with Crippen LogP contribution in [0.2, 0.25) is 0 Å². The molecule has 1 heterocycles. The Morgan fingerprint density at radius 2 is 1.93 bits per heavy atom. The van der Waals surface area contributed by atoms with E-state index in [1.165, 1.54) is 60.4 Å². The zero-order valence-corrected chi connectivity index (χ0v) is 9.98. The number of carbonyl (C=O) groups excluding carboxylic acids is 1. The standard InChI is InChI=1S/C12H17NOS/c1-9-12(13-11(8-14)15-9)10-6-4-2-3-5-7-10/h8,10H,2-7H2,1H3. The zero-order valence-electron chi connectivity index (χ0n) is 9.16. The Kier molecular flexibility index (Phi) is 3.52. The Hall–Kier alpha value is -0.700. The highest BCUT2D eigenvalue weighted by Gasteiger charge is 2.19. The highest BCUT2D eigenvalue weighted by atomic mass is 32.1. The van der Waals surface area contributed by atoms with Gasteiger partial charge in [0, 0.05) is 10.8 Å². The summed E-state index contributed by atoms with van der Waals surface area (Å²) in [5, 5.41) is 0.645. The van der Waals surface area contributed by atoms with Crippen molar-refractivity contribution in [2.45, 2.75) is 51.4 Å². The van der Waals surface area contributed by atoms with Gasteiger partial charge in [-0.2, -0.15) is 0 Å². The van der Waals surface area contributed by atoms with Crippen LogP contribution < -0.4 is 0 Å².